The van der Waals surface area contributed by atoms with E-state index in [1.165, 1.54) is 18.3 Å². The molecule has 4 amide bonds. The average Bonchev–Trinajstić information content (AvgIpc) is 3.74. The van der Waals surface area contributed by atoms with Crippen LogP contribution >= 0.6 is 11.3 Å². The Morgan fingerprint density at radius 3 is 2.26 bits per heavy atom. The zero-order valence-electron chi connectivity index (χ0n) is 40.9. The highest BCUT2D eigenvalue weighted by Gasteiger charge is 2.39. The van der Waals surface area contributed by atoms with Crippen LogP contribution < -0.4 is 16.0 Å². The summed E-state index contributed by atoms with van der Waals surface area (Å²) in [6, 6.07) is 5.05. The van der Waals surface area contributed by atoms with Crippen LogP contribution in [0.1, 0.15) is 161 Å². The summed E-state index contributed by atoms with van der Waals surface area (Å²) in [5, 5.41) is 21.0. The molecule has 0 radical (unpaired) electrons. The number of nitrogens with one attached hydrogen (secondary N) is 3. The second kappa shape index (κ2) is 26.7. The van der Waals surface area contributed by atoms with E-state index < -0.39 is 47.5 Å². The van der Waals surface area contributed by atoms with Gasteiger partial charge in [0.1, 0.15) is 23.4 Å². The quantitative estimate of drug-likeness (QED) is 0.0504. The summed E-state index contributed by atoms with van der Waals surface area (Å²) >= 11 is 1.17. The van der Waals surface area contributed by atoms with Crippen LogP contribution in [-0.4, -0.2) is 112 Å². The third-order valence-electron chi connectivity index (χ3n) is 12.3. The number of carbonyl (C=O) groups excluding carboxylic acids is 5. The maximum Gasteiger partial charge on any atom is 0.309 e. The van der Waals surface area contributed by atoms with Gasteiger partial charge >= 0.3 is 11.9 Å². The molecule has 0 saturated carbocycles. The Hall–Kier alpha value is -4.41. The molecular formula is C49H78N6O9S. The van der Waals surface area contributed by atoms with Gasteiger partial charge in [0.25, 0.3) is 5.91 Å². The van der Waals surface area contributed by atoms with Gasteiger partial charge in [-0.1, -0.05) is 78.9 Å². The Balaban J connectivity index is 1.91. The van der Waals surface area contributed by atoms with Gasteiger partial charge in [-0.25, -0.2) is 4.98 Å². The topological polar surface area (TPSA) is 197 Å². The van der Waals surface area contributed by atoms with Crippen LogP contribution in [0.3, 0.4) is 0 Å². The second-order valence-electron chi connectivity index (χ2n) is 19.0. The van der Waals surface area contributed by atoms with Crippen LogP contribution in [0.5, 0.6) is 0 Å². The van der Waals surface area contributed by atoms with Crippen molar-refractivity contribution in [1.29, 1.82) is 0 Å². The van der Waals surface area contributed by atoms with Crippen LogP contribution in [0.15, 0.2) is 29.6 Å². The van der Waals surface area contributed by atoms with Crippen molar-refractivity contribution in [2.45, 2.75) is 176 Å². The van der Waals surface area contributed by atoms with E-state index in [2.05, 4.69) is 27.8 Å². The molecule has 65 heavy (non-hydrogen) atoms. The SMILES string of the molecule is CCCCCCN(C(=O)[C@@H](NC(=O)[C@H]1CCCCN1C)[C@@H](C)CC)[C@H](C[C@@H](OC(C)=O)c1nc(C(=O)N[C@@H](Cc2ccc(NC(=O)COC(C)C)cc2)CC(C)(C)C(=O)O)cs1)C(C)C. The van der Waals surface area contributed by atoms with Crippen molar-refractivity contribution in [2.24, 2.45) is 17.3 Å². The van der Waals surface area contributed by atoms with Gasteiger partial charge < -0.3 is 35.4 Å². The Bertz CT molecular complexity index is 1850. The number of anilines is 1. The second-order valence-corrected chi connectivity index (χ2v) is 19.9. The molecule has 0 unspecified atom stereocenters. The average molecular weight is 927 g/mol. The number of aliphatic carboxylic acids is 1. The molecule has 1 aromatic carbocycles. The summed E-state index contributed by atoms with van der Waals surface area (Å²) in [6.45, 7) is 19.6. The standard InChI is InChI=1S/C49H78N6O9S/c1-12-14-15-17-25-55(47(60)43(33(7)13-2)53-45(59)39-19-16-18-24-54(39)11)40(31(3)4)27-41(64-34(8)56)46-52-38(30-65-46)44(58)51-37(28-49(9,10)48(61)62)26-35-20-22-36(23-21-35)50-42(57)29-63-32(5)6/h20-23,30-33,37,39-41,43H,12-19,24-29H2,1-11H3,(H,50,57)(H,51,58)(H,53,59)(H,61,62)/t33-,37-,39+,40+,41+,43-/m0/s1. The molecule has 0 bridgehead atoms. The van der Waals surface area contributed by atoms with Gasteiger partial charge in [0.2, 0.25) is 17.7 Å². The van der Waals surface area contributed by atoms with Crippen LogP contribution in [0.25, 0.3) is 0 Å². The summed E-state index contributed by atoms with van der Waals surface area (Å²) in [5.74, 6) is -2.85. The van der Waals surface area contributed by atoms with Crippen molar-refractivity contribution in [3.8, 4) is 0 Å². The summed E-state index contributed by atoms with van der Waals surface area (Å²) in [4.78, 5) is 88.6. The maximum absolute atomic E-state index is 14.9. The smallest absolute Gasteiger partial charge is 0.309 e. The molecule has 2 aromatic rings. The lowest BCUT2D eigenvalue weighted by atomic mass is 9.84. The minimum Gasteiger partial charge on any atom is -0.481 e. The highest BCUT2D eigenvalue weighted by molar-refractivity contribution is 7.09. The number of likely N-dealkylation sites (tertiary alicyclic amines) is 1. The van der Waals surface area contributed by atoms with Crippen LogP contribution in [0, 0.1) is 17.3 Å². The van der Waals surface area contributed by atoms with Gasteiger partial charge in [-0.3, -0.25) is 33.7 Å². The summed E-state index contributed by atoms with van der Waals surface area (Å²) < 4.78 is 11.3. The third-order valence-corrected chi connectivity index (χ3v) is 13.2. The van der Waals surface area contributed by atoms with Gasteiger partial charge in [0, 0.05) is 43.0 Å². The number of nitrogens with zero attached hydrogens (tertiary/aromatic N) is 3. The van der Waals surface area contributed by atoms with Crippen molar-refractivity contribution in [1.82, 2.24) is 25.4 Å². The van der Waals surface area contributed by atoms with E-state index in [1.807, 2.05) is 65.6 Å². The molecule has 1 aliphatic rings. The van der Waals surface area contributed by atoms with Gasteiger partial charge in [-0.2, -0.15) is 0 Å². The number of amides is 4. The first-order valence-electron chi connectivity index (χ1n) is 23.7. The number of rotatable bonds is 27. The minimum atomic E-state index is -1.18. The minimum absolute atomic E-state index is 0.0775. The number of thiazole rings is 1. The van der Waals surface area contributed by atoms with E-state index in [0.29, 0.717) is 30.1 Å². The van der Waals surface area contributed by atoms with E-state index in [0.717, 1.165) is 57.1 Å². The summed E-state index contributed by atoms with van der Waals surface area (Å²) in [6.07, 6.45) is 6.80. The number of carbonyl (C=O) groups is 6. The number of likely N-dealkylation sites (N-methyl/N-ethyl adjacent to an activating group) is 1. The molecule has 1 saturated heterocycles. The molecule has 4 N–H and O–H groups in total. The number of piperidine rings is 1. The molecule has 16 heteroatoms. The summed E-state index contributed by atoms with van der Waals surface area (Å²) in [5.41, 5.74) is 0.294. The lowest BCUT2D eigenvalue weighted by molar-refractivity contribution is -0.150. The lowest BCUT2D eigenvalue weighted by Crippen LogP contribution is -2.59. The molecule has 1 aromatic heterocycles. The van der Waals surface area contributed by atoms with E-state index in [4.69, 9.17) is 14.5 Å². The lowest BCUT2D eigenvalue weighted by Gasteiger charge is -2.40. The van der Waals surface area contributed by atoms with E-state index in [-0.39, 0.29) is 66.8 Å². The predicted molar refractivity (Wildman–Crippen MR) is 255 cm³/mol. The van der Waals surface area contributed by atoms with Crippen molar-refractivity contribution in [3.63, 3.8) is 0 Å². The molecule has 2 heterocycles. The molecule has 0 spiro atoms. The first-order valence-corrected chi connectivity index (χ1v) is 24.5. The number of carboxylic acid groups (broad SMARTS) is 1. The molecule has 6 atom stereocenters. The Kier molecular flexibility index (Phi) is 22.5. The van der Waals surface area contributed by atoms with Crippen molar-refractivity contribution in [3.05, 3.63) is 45.9 Å². The van der Waals surface area contributed by atoms with Crippen molar-refractivity contribution < 1.29 is 43.3 Å². The molecular weight excluding hydrogens is 849 g/mol. The van der Waals surface area contributed by atoms with E-state index in [1.54, 1.807) is 31.4 Å². The molecule has 15 nitrogen and oxygen atoms in total. The molecule has 1 aliphatic heterocycles. The Morgan fingerprint density at radius 2 is 1.68 bits per heavy atom. The fourth-order valence-electron chi connectivity index (χ4n) is 8.17. The number of aromatic nitrogens is 1. The highest BCUT2D eigenvalue weighted by Crippen LogP contribution is 2.32. The fraction of sp³-hybridized carbons (Fsp3) is 0.694. The number of hydrogen-bond donors (Lipinski definition) is 4. The van der Waals surface area contributed by atoms with Crippen LogP contribution in [0.4, 0.5) is 5.69 Å². The zero-order chi connectivity index (χ0) is 48.4. The van der Waals surface area contributed by atoms with Crippen molar-refractivity contribution in [2.75, 3.05) is 32.1 Å². The molecule has 364 valence electrons. The molecule has 3 rings (SSSR count). The predicted octanol–water partition coefficient (Wildman–Crippen LogP) is 7.79. The van der Waals surface area contributed by atoms with Gasteiger partial charge in [0.05, 0.1) is 17.6 Å². The number of carboxylic acids is 1. The van der Waals surface area contributed by atoms with Crippen molar-refractivity contribution >= 4 is 52.6 Å². The molecule has 0 aliphatic carbocycles. The number of ether oxygens (including phenoxy) is 2. The van der Waals surface area contributed by atoms with Crippen LogP contribution in [0.2, 0.25) is 0 Å². The number of unbranched alkanes of at least 4 members (excludes halogenated alkanes) is 3. The first kappa shape index (κ1) is 54.9. The van der Waals surface area contributed by atoms with Gasteiger partial charge in [0.15, 0.2) is 6.10 Å². The Labute approximate surface area is 391 Å². The van der Waals surface area contributed by atoms with E-state index in [9.17, 15) is 33.9 Å². The molecule has 1 fully saturated rings. The normalized spacial score (nSPS) is 16.8. The number of benzene rings is 1. The Morgan fingerprint density at radius 1 is 0.985 bits per heavy atom. The first-order chi connectivity index (χ1) is 30.7. The monoisotopic (exact) mass is 927 g/mol. The third kappa shape index (κ3) is 17.7. The fourth-order valence-corrected chi connectivity index (χ4v) is 9.01. The summed E-state index contributed by atoms with van der Waals surface area (Å²) in [7, 11) is 1.95. The van der Waals surface area contributed by atoms with E-state index >= 15 is 0 Å². The largest absolute Gasteiger partial charge is 0.481 e. The number of hydrogen-bond acceptors (Lipinski definition) is 11. The maximum atomic E-state index is 14.9. The van der Waals surface area contributed by atoms with Gasteiger partial charge in [-0.05, 0) is 103 Å². The van der Waals surface area contributed by atoms with Crippen LogP contribution in [-0.2, 0) is 39.9 Å². The number of esters is 1. The zero-order valence-corrected chi connectivity index (χ0v) is 41.7. The highest BCUT2D eigenvalue weighted by atomic mass is 32.1. The van der Waals surface area contributed by atoms with Gasteiger partial charge in [-0.15, -0.1) is 11.3 Å².